The molecular weight excluding hydrogens is 152 g/mol. The highest BCUT2D eigenvalue weighted by Crippen LogP contribution is 2.14. The molecule has 1 rings (SSSR count). The van der Waals surface area contributed by atoms with Crippen LogP contribution in [0.1, 0.15) is 0 Å². The summed E-state index contributed by atoms with van der Waals surface area (Å²) in [4.78, 5) is 0. The van der Waals surface area contributed by atoms with Gasteiger partial charge in [-0.2, -0.15) is 0 Å². The van der Waals surface area contributed by atoms with E-state index < -0.39 is 24.4 Å². The smallest absolute Gasteiger partial charge is 0.111 e. The van der Waals surface area contributed by atoms with Crippen LogP contribution in [-0.2, 0) is 4.74 Å². The van der Waals surface area contributed by atoms with Gasteiger partial charge in [0.05, 0.1) is 13.2 Å². The molecule has 0 spiro atoms. The highest BCUT2D eigenvalue weighted by Gasteiger charge is 2.36. The van der Waals surface area contributed by atoms with Gasteiger partial charge < -0.3 is 25.2 Å². The van der Waals surface area contributed by atoms with Crippen LogP contribution in [0.2, 0.25) is 0 Å². The molecule has 66 valence electrons. The normalized spacial score (nSPS) is 45.8. The number of hydrogen-bond donors (Lipinski definition) is 4. The lowest BCUT2D eigenvalue weighted by Gasteiger charge is -2.34. The maximum Gasteiger partial charge on any atom is 0.111 e. The summed E-state index contributed by atoms with van der Waals surface area (Å²) in [5, 5.41) is 35.7. The molecule has 0 radical (unpaired) electrons. The van der Waals surface area contributed by atoms with Crippen LogP contribution in [0.15, 0.2) is 0 Å². The summed E-state index contributed by atoms with van der Waals surface area (Å²) in [5.41, 5.74) is 0. The summed E-state index contributed by atoms with van der Waals surface area (Å²) in [5.74, 6) is 0. The second-order valence-electron chi connectivity index (χ2n) is 2.60. The molecule has 4 atom stereocenters. The Morgan fingerprint density at radius 1 is 1.18 bits per heavy atom. The predicted molar refractivity (Wildman–Crippen MR) is 34.8 cm³/mol. The summed E-state index contributed by atoms with van der Waals surface area (Å²) >= 11 is 0. The zero-order chi connectivity index (χ0) is 8.43. The molecule has 5 nitrogen and oxygen atoms in total. The van der Waals surface area contributed by atoms with Crippen molar-refractivity contribution in [2.75, 3.05) is 13.2 Å². The average Bonchev–Trinajstić information content (AvgIpc) is 2.01. The van der Waals surface area contributed by atoms with Gasteiger partial charge in [0.25, 0.3) is 0 Å². The van der Waals surface area contributed by atoms with Gasteiger partial charge in [-0.05, 0) is 0 Å². The van der Waals surface area contributed by atoms with Crippen LogP contribution in [0.4, 0.5) is 0 Å². The second-order valence-corrected chi connectivity index (χ2v) is 2.60. The number of ether oxygens (including phenoxy) is 1. The van der Waals surface area contributed by atoms with E-state index >= 15 is 0 Å². The fraction of sp³-hybridized carbons (Fsp3) is 1.00. The molecule has 0 aliphatic carbocycles. The van der Waals surface area contributed by atoms with Crippen molar-refractivity contribution in [2.24, 2.45) is 0 Å². The van der Waals surface area contributed by atoms with E-state index in [0.717, 1.165) is 0 Å². The van der Waals surface area contributed by atoms with Gasteiger partial charge in [0, 0.05) is 0 Å². The fourth-order valence-corrected chi connectivity index (χ4v) is 1.03. The van der Waals surface area contributed by atoms with Gasteiger partial charge in [-0.1, -0.05) is 0 Å². The second kappa shape index (κ2) is 3.46. The summed E-state index contributed by atoms with van der Waals surface area (Å²) in [6, 6.07) is 0. The fourth-order valence-electron chi connectivity index (χ4n) is 1.03. The summed E-state index contributed by atoms with van der Waals surface area (Å²) in [7, 11) is 0. The monoisotopic (exact) mass is 164 g/mol. The van der Waals surface area contributed by atoms with E-state index in [1.807, 2.05) is 0 Å². The van der Waals surface area contributed by atoms with Gasteiger partial charge >= 0.3 is 0 Å². The van der Waals surface area contributed by atoms with Crippen molar-refractivity contribution in [3.05, 3.63) is 0 Å². The highest BCUT2D eigenvalue weighted by molar-refractivity contribution is 4.85. The Labute approximate surface area is 63.8 Å². The highest BCUT2D eigenvalue weighted by atomic mass is 16.5. The molecule has 0 saturated carbocycles. The first kappa shape index (κ1) is 8.89. The lowest BCUT2D eigenvalue weighted by molar-refractivity contribution is -0.195. The van der Waals surface area contributed by atoms with Crippen LogP contribution in [0.5, 0.6) is 0 Å². The van der Waals surface area contributed by atoms with Crippen molar-refractivity contribution >= 4 is 0 Å². The molecule has 1 aliphatic heterocycles. The zero-order valence-electron chi connectivity index (χ0n) is 5.92. The lowest BCUT2D eigenvalue weighted by atomic mass is 10.0. The van der Waals surface area contributed by atoms with Crippen molar-refractivity contribution in [1.29, 1.82) is 0 Å². The van der Waals surface area contributed by atoms with Crippen molar-refractivity contribution in [1.82, 2.24) is 0 Å². The Balaban J connectivity index is 2.52. The number of rotatable bonds is 1. The lowest BCUT2D eigenvalue weighted by Crippen LogP contribution is -2.53. The van der Waals surface area contributed by atoms with Crippen molar-refractivity contribution in [3.8, 4) is 0 Å². The minimum absolute atomic E-state index is 0.0521. The minimum atomic E-state index is -1.22. The molecule has 0 amide bonds. The SMILES string of the molecule is OCC1OCC(O)[C@@H](O)[C@H]1O. The van der Waals surface area contributed by atoms with Crippen molar-refractivity contribution < 1.29 is 25.2 Å². The van der Waals surface area contributed by atoms with E-state index in [4.69, 9.17) is 25.2 Å². The molecule has 5 heteroatoms. The maximum absolute atomic E-state index is 9.11. The molecule has 1 saturated heterocycles. The Hall–Kier alpha value is -0.200. The maximum atomic E-state index is 9.11. The molecule has 0 aromatic rings. The molecule has 1 aliphatic rings. The van der Waals surface area contributed by atoms with E-state index in [2.05, 4.69) is 0 Å². The topological polar surface area (TPSA) is 90.2 Å². The third kappa shape index (κ3) is 1.69. The molecule has 0 bridgehead atoms. The quantitative estimate of drug-likeness (QED) is 0.343. The molecule has 2 unspecified atom stereocenters. The molecule has 11 heavy (non-hydrogen) atoms. The van der Waals surface area contributed by atoms with Crippen LogP contribution in [-0.4, -0.2) is 58.1 Å². The van der Waals surface area contributed by atoms with Gasteiger partial charge in [-0.25, -0.2) is 0 Å². The van der Waals surface area contributed by atoms with E-state index in [1.165, 1.54) is 0 Å². The zero-order valence-corrected chi connectivity index (χ0v) is 5.92. The Bertz CT molecular complexity index is 126. The third-order valence-electron chi connectivity index (χ3n) is 1.79. The molecule has 4 N–H and O–H groups in total. The van der Waals surface area contributed by atoms with Crippen LogP contribution < -0.4 is 0 Å². The van der Waals surface area contributed by atoms with Gasteiger partial charge in [0.1, 0.15) is 24.4 Å². The van der Waals surface area contributed by atoms with Gasteiger partial charge in [-0.15, -0.1) is 0 Å². The first-order chi connectivity index (χ1) is 5.16. The molecule has 1 heterocycles. The van der Waals surface area contributed by atoms with E-state index in [-0.39, 0.29) is 13.2 Å². The first-order valence-corrected chi connectivity index (χ1v) is 3.43. The number of hydrogen-bond acceptors (Lipinski definition) is 5. The number of aliphatic hydroxyl groups is 4. The Kier molecular flexibility index (Phi) is 2.80. The van der Waals surface area contributed by atoms with E-state index in [9.17, 15) is 0 Å². The summed E-state index contributed by atoms with van der Waals surface area (Å²) in [6.07, 6.45) is -4.27. The van der Waals surface area contributed by atoms with Gasteiger partial charge in [0.15, 0.2) is 0 Å². The van der Waals surface area contributed by atoms with E-state index in [0.29, 0.717) is 0 Å². The third-order valence-corrected chi connectivity index (χ3v) is 1.79. The van der Waals surface area contributed by atoms with Crippen LogP contribution in [0.3, 0.4) is 0 Å². The van der Waals surface area contributed by atoms with Crippen molar-refractivity contribution in [3.63, 3.8) is 0 Å². The van der Waals surface area contributed by atoms with Crippen LogP contribution in [0.25, 0.3) is 0 Å². The van der Waals surface area contributed by atoms with Gasteiger partial charge in [-0.3, -0.25) is 0 Å². The first-order valence-electron chi connectivity index (χ1n) is 3.43. The Morgan fingerprint density at radius 2 is 1.82 bits per heavy atom. The van der Waals surface area contributed by atoms with Crippen LogP contribution >= 0.6 is 0 Å². The van der Waals surface area contributed by atoms with Gasteiger partial charge in [0.2, 0.25) is 0 Å². The molecular formula is C6H12O5. The minimum Gasteiger partial charge on any atom is -0.394 e. The predicted octanol–water partition coefficient (Wildman–Crippen LogP) is -2.54. The standard InChI is InChI=1S/C6H12O5/c7-1-4-6(10)5(9)3(8)2-11-4/h3-10H,1-2H2/t3?,4?,5-,6+/m1/s1. The summed E-state index contributed by atoms with van der Waals surface area (Å²) in [6.45, 7) is -0.408. The largest absolute Gasteiger partial charge is 0.394 e. The Morgan fingerprint density at radius 3 is 2.36 bits per heavy atom. The van der Waals surface area contributed by atoms with Crippen LogP contribution in [0, 0.1) is 0 Å². The molecule has 0 aromatic heterocycles. The molecule has 0 aromatic carbocycles. The summed E-state index contributed by atoms with van der Waals surface area (Å²) < 4.78 is 4.81. The molecule has 1 fully saturated rings. The van der Waals surface area contributed by atoms with Crippen molar-refractivity contribution in [2.45, 2.75) is 24.4 Å². The average molecular weight is 164 g/mol. The number of aliphatic hydroxyl groups excluding tert-OH is 4. The van der Waals surface area contributed by atoms with E-state index in [1.54, 1.807) is 0 Å².